The second kappa shape index (κ2) is 6.78. The van der Waals surface area contributed by atoms with Gasteiger partial charge in [0.15, 0.2) is 0 Å². The van der Waals surface area contributed by atoms with E-state index in [9.17, 15) is 0 Å². The van der Waals surface area contributed by atoms with Crippen molar-refractivity contribution in [1.29, 1.82) is 0 Å². The van der Waals surface area contributed by atoms with Gasteiger partial charge in [-0.1, -0.05) is 25.5 Å². The van der Waals surface area contributed by atoms with Crippen LogP contribution >= 0.6 is 0 Å². The normalized spacial score (nSPS) is 9.80. The van der Waals surface area contributed by atoms with E-state index in [0.29, 0.717) is 13.2 Å². The molecule has 0 radical (unpaired) electrons. The Labute approximate surface area is 62.8 Å². The standard InChI is InChI=1S/C8H16O2/c1-4-5-6-9-10-7-8(2)3/h2,4-7H2,1,3H3. The van der Waals surface area contributed by atoms with Gasteiger partial charge in [0.2, 0.25) is 0 Å². The third-order valence-corrected chi connectivity index (χ3v) is 0.970. The largest absolute Gasteiger partial charge is 0.236 e. The van der Waals surface area contributed by atoms with Crippen molar-refractivity contribution in [2.45, 2.75) is 26.7 Å². The maximum absolute atomic E-state index is 4.82. The van der Waals surface area contributed by atoms with Crippen LogP contribution in [0.3, 0.4) is 0 Å². The van der Waals surface area contributed by atoms with Crippen molar-refractivity contribution in [2.24, 2.45) is 0 Å². The maximum Gasteiger partial charge on any atom is 0.103 e. The van der Waals surface area contributed by atoms with Crippen molar-refractivity contribution in [3.05, 3.63) is 12.2 Å². The second-order valence-corrected chi connectivity index (χ2v) is 2.39. The van der Waals surface area contributed by atoms with Gasteiger partial charge in [-0.3, -0.25) is 0 Å². The Kier molecular flexibility index (Phi) is 6.55. The Morgan fingerprint density at radius 2 is 2.10 bits per heavy atom. The fraction of sp³-hybridized carbons (Fsp3) is 0.750. The highest BCUT2D eigenvalue weighted by Gasteiger charge is 1.87. The SMILES string of the molecule is C=C(C)COOCCCC. The summed E-state index contributed by atoms with van der Waals surface area (Å²) < 4.78 is 0. The van der Waals surface area contributed by atoms with Crippen molar-refractivity contribution in [1.82, 2.24) is 0 Å². The van der Waals surface area contributed by atoms with Crippen molar-refractivity contribution in [3.8, 4) is 0 Å². The van der Waals surface area contributed by atoms with Gasteiger partial charge in [-0.15, -0.1) is 0 Å². The quantitative estimate of drug-likeness (QED) is 0.246. The van der Waals surface area contributed by atoms with Gasteiger partial charge in [0.05, 0.1) is 6.61 Å². The van der Waals surface area contributed by atoms with Gasteiger partial charge in [-0.2, -0.15) is 0 Å². The van der Waals surface area contributed by atoms with Gasteiger partial charge < -0.3 is 0 Å². The predicted molar refractivity (Wildman–Crippen MR) is 41.6 cm³/mol. The molecular weight excluding hydrogens is 128 g/mol. The van der Waals surface area contributed by atoms with Crippen LogP contribution in [-0.2, 0) is 9.78 Å². The molecule has 0 spiro atoms. The smallest absolute Gasteiger partial charge is 0.103 e. The van der Waals surface area contributed by atoms with E-state index in [2.05, 4.69) is 13.5 Å². The summed E-state index contributed by atoms with van der Waals surface area (Å²) >= 11 is 0. The molecule has 0 heterocycles. The molecule has 0 aromatic heterocycles. The minimum Gasteiger partial charge on any atom is -0.236 e. The lowest BCUT2D eigenvalue weighted by molar-refractivity contribution is -0.288. The number of rotatable bonds is 6. The van der Waals surface area contributed by atoms with Crippen LogP contribution in [0.5, 0.6) is 0 Å². The highest BCUT2D eigenvalue weighted by molar-refractivity contribution is 4.86. The molecule has 0 saturated carbocycles. The summed E-state index contributed by atoms with van der Waals surface area (Å²) in [5, 5.41) is 0. The summed E-state index contributed by atoms with van der Waals surface area (Å²) in [5.41, 5.74) is 0.983. The maximum atomic E-state index is 4.82. The van der Waals surface area contributed by atoms with Gasteiger partial charge in [0, 0.05) is 0 Å². The molecule has 0 N–H and O–H groups in total. The fourth-order valence-electron chi connectivity index (χ4n) is 0.404. The Balaban J connectivity index is 2.84. The Morgan fingerprint density at radius 3 is 2.60 bits per heavy atom. The fourth-order valence-corrected chi connectivity index (χ4v) is 0.404. The molecule has 0 aliphatic heterocycles. The molecule has 0 rings (SSSR count). The van der Waals surface area contributed by atoms with E-state index in [1.807, 2.05) is 6.92 Å². The van der Waals surface area contributed by atoms with Crippen LogP contribution < -0.4 is 0 Å². The minimum atomic E-state index is 0.504. The first-order valence-electron chi connectivity index (χ1n) is 3.66. The third kappa shape index (κ3) is 7.66. The Morgan fingerprint density at radius 1 is 1.40 bits per heavy atom. The minimum absolute atomic E-state index is 0.504. The molecule has 0 aliphatic rings. The van der Waals surface area contributed by atoms with Crippen molar-refractivity contribution in [3.63, 3.8) is 0 Å². The number of unbranched alkanes of at least 4 members (excludes halogenated alkanes) is 1. The molecule has 0 atom stereocenters. The molecule has 10 heavy (non-hydrogen) atoms. The van der Waals surface area contributed by atoms with Gasteiger partial charge in [-0.25, -0.2) is 9.78 Å². The highest BCUT2D eigenvalue weighted by Crippen LogP contribution is 1.92. The first-order chi connectivity index (χ1) is 4.77. The average Bonchev–Trinajstić information content (AvgIpc) is 1.87. The lowest BCUT2D eigenvalue weighted by Gasteiger charge is -2.01. The molecular formula is C8H16O2. The van der Waals surface area contributed by atoms with E-state index < -0.39 is 0 Å². The van der Waals surface area contributed by atoms with E-state index in [0.717, 1.165) is 18.4 Å². The molecule has 0 fully saturated rings. The third-order valence-electron chi connectivity index (χ3n) is 0.970. The van der Waals surface area contributed by atoms with Crippen molar-refractivity contribution < 1.29 is 9.78 Å². The summed E-state index contributed by atoms with van der Waals surface area (Å²) in [6, 6.07) is 0. The van der Waals surface area contributed by atoms with Gasteiger partial charge in [0.25, 0.3) is 0 Å². The van der Waals surface area contributed by atoms with Gasteiger partial charge in [-0.05, 0) is 13.3 Å². The van der Waals surface area contributed by atoms with Gasteiger partial charge >= 0.3 is 0 Å². The predicted octanol–water partition coefficient (Wildman–Crippen LogP) is 2.31. The average molecular weight is 144 g/mol. The van der Waals surface area contributed by atoms with E-state index in [1.54, 1.807) is 0 Å². The molecule has 0 unspecified atom stereocenters. The van der Waals surface area contributed by atoms with E-state index >= 15 is 0 Å². The molecule has 60 valence electrons. The molecule has 0 aliphatic carbocycles. The van der Waals surface area contributed by atoms with E-state index in [4.69, 9.17) is 9.78 Å². The lowest BCUT2D eigenvalue weighted by atomic mass is 10.4. The summed E-state index contributed by atoms with van der Waals surface area (Å²) in [4.78, 5) is 9.62. The molecule has 0 aromatic carbocycles. The van der Waals surface area contributed by atoms with Crippen LogP contribution in [0.1, 0.15) is 26.7 Å². The zero-order valence-corrected chi connectivity index (χ0v) is 6.85. The van der Waals surface area contributed by atoms with Gasteiger partial charge in [0.1, 0.15) is 6.61 Å². The molecule has 2 heteroatoms. The first-order valence-corrected chi connectivity index (χ1v) is 3.66. The van der Waals surface area contributed by atoms with Crippen LogP contribution in [-0.4, -0.2) is 13.2 Å². The molecule has 0 bridgehead atoms. The van der Waals surface area contributed by atoms with Crippen molar-refractivity contribution in [2.75, 3.05) is 13.2 Å². The zero-order chi connectivity index (χ0) is 7.82. The summed E-state index contributed by atoms with van der Waals surface area (Å²) in [5.74, 6) is 0. The molecule has 0 aromatic rings. The zero-order valence-electron chi connectivity index (χ0n) is 6.85. The summed E-state index contributed by atoms with van der Waals surface area (Å²) in [6.07, 6.45) is 2.19. The highest BCUT2D eigenvalue weighted by atomic mass is 17.2. The Hall–Kier alpha value is -0.340. The van der Waals surface area contributed by atoms with E-state index in [-0.39, 0.29) is 0 Å². The first kappa shape index (κ1) is 9.66. The Bertz CT molecular complexity index is 89.3. The van der Waals surface area contributed by atoms with Crippen LogP contribution in [0.15, 0.2) is 12.2 Å². The van der Waals surface area contributed by atoms with Crippen LogP contribution in [0.4, 0.5) is 0 Å². The van der Waals surface area contributed by atoms with E-state index in [1.165, 1.54) is 0 Å². The summed E-state index contributed by atoms with van der Waals surface area (Å²) in [7, 11) is 0. The van der Waals surface area contributed by atoms with Crippen LogP contribution in [0.2, 0.25) is 0 Å². The van der Waals surface area contributed by atoms with Crippen LogP contribution in [0, 0.1) is 0 Å². The number of hydrogen-bond acceptors (Lipinski definition) is 2. The lowest BCUT2D eigenvalue weighted by Crippen LogP contribution is -1.98. The van der Waals surface area contributed by atoms with Crippen molar-refractivity contribution >= 4 is 0 Å². The second-order valence-electron chi connectivity index (χ2n) is 2.39. The summed E-state index contributed by atoms with van der Waals surface area (Å²) in [6.45, 7) is 8.88. The molecule has 0 amide bonds. The monoisotopic (exact) mass is 144 g/mol. The molecule has 2 nitrogen and oxygen atoms in total. The topological polar surface area (TPSA) is 18.5 Å². The molecule has 0 saturated heterocycles. The van der Waals surface area contributed by atoms with Crippen LogP contribution in [0.25, 0.3) is 0 Å². The number of hydrogen-bond donors (Lipinski definition) is 0.